The summed E-state index contributed by atoms with van der Waals surface area (Å²) in [4.78, 5) is 14.3. The molecule has 1 heterocycles. The first-order valence-corrected chi connectivity index (χ1v) is 10.8. The lowest BCUT2D eigenvalue weighted by atomic mass is 9.81. The monoisotopic (exact) mass is 403 g/mol. The highest BCUT2D eigenvalue weighted by molar-refractivity contribution is 7.19. The highest BCUT2D eigenvalue weighted by Crippen LogP contribution is 2.59. The molecule has 28 heavy (non-hydrogen) atoms. The van der Waals surface area contributed by atoms with Crippen molar-refractivity contribution in [1.82, 2.24) is 4.90 Å². The van der Waals surface area contributed by atoms with Gasteiger partial charge in [0.25, 0.3) is 0 Å². The van der Waals surface area contributed by atoms with E-state index < -0.39 is 5.60 Å². The second kappa shape index (κ2) is 7.02. The first-order chi connectivity index (χ1) is 12.7. The Labute approximate surface area is 173 Å². The number of carbonyl (C=O) groups is 1. The lowest BCUT2D eigenvalue weighted by Crippen LogP contribution is -2.45. The average molecular weight is 403 g/mol. The fourth-order valence-corrected chi connectivity index (χ4v) is 3.90. The first kappa shape index (κ1) is 21.6. The largest absolute Gasteiger partial charge is 0.444 e. The van der Waals surface area contributed by atoms with Crippen LogP contribution in [0.4, 0.5) is 4.79 Å². The van der Waals surface area contributed by atoms with Crippen LogP contribution in [0, 0.1) is 5.92 Å². The Morgan fingerprint density at radius 1 is 1.21 bits per heavy atom. The van der Waals surface area contributed by atoms with Crippen molar-refractivity contribution in [2.24, 2.45) is 5.92 Å². The number of rotatable bonds is 5. The number of piperidine rings is 1. The first-order valence-electron chi connectivity index (χ1n) is 10.2. The van der Waals surface area contributed by atoms with Gasteiger partial charge in [-0.2, -0.15) is 0 Å². The lowest BCUT2D eigenvalue weighted by molar-refractivity contribution is 0.0270. The van der Waals surface area contributed by atoms with E-state index in [0.29, 0.717) is 13.4 Å². The highest BCUT2D eigenvalue weighted by Gasteiger charge is 2.62. The zero-order valence-corrected chi connectivity index (χ0v) is 19.6. The molecule has 1 amide bonds. The Kier molecular flexibility index (Phi) is 5.43. The van der Waals surface area contributed by atoms with Crippen LogP contribution in [-0.2, 0) is 14.8 Å². The van der Waals surface area contributed by atoms with Gasteiger partial charge < -0.3 is 14.3 Å². The predicted octanol–water partition coefficient (Wildman–Crippen LogP) is 3.62. The van der Waals surface area contributed by atoms with Gasteiger partial charge in [-0.1, -0.05) is 43.6 Å². The number of amides is 1. The van der Waals surface area contributed by atoms with Gasteiger partial charge in [-0.15, -0.1) is 9.24 Å². The van der Waals surface area contributed by atoms with Crippen LogP contribution in [-0.4, -0.2) is 47.9 Å². The smallest absolute Gasteiger partial charge is 0.410 e. The minimum absolute atomic E-state index is 0.00967. The SMILES string of the molecule is CC(C)(C)OC(=O)N1CC2CC2(c2cccc(BOC(C)(C)C(C)(C)P)c2)C1. The van der Waals surface area contributed by atoms with Crippen LogP contribution in [0.15, 0.2) is 24.3 Å². The van der Waals surface area contributed by atoms with Crippen LogP contribution in [0.2, 0.25) is 0 Å². The molecule has 3 unspecified atom stereocenters. The zero-order valence-electron chi connectivity index (χ0n) is 18.5. The molecule has 0 radical (unpaired) electrons. The maximum absolute atomic E-state index is 12.5. The number of hydrogen-bond donors (Lipinski definition) is 0. The Hall–Kier alpha value is -1.06. The molecule has 1 saturated carbocycles. The molecule has 0 aromatic heterocycles. The quantitative estimate of drug-likeness (QED) is 0.557. The molecule has 1 saturated heterocycles. The molecule has 3 rings (SSSR count). The Balaban J connectivity index is 1.68. The van der Waals surface area contributed by atoms with Gasteiger partial charge in [-0.25, -0.2) is 4.79 Å². The fourth-order valence-electron chi connectivity index (χ4n) is 3.82. The third-order valence-corrected chi connectivity index (χ3v) is 7.15. The lowest BCUT2D eigenvalue weighted by Gasteiger charge is -2.39. The van der Waals surface area contributed by atoms with E-state index in [0.717, 1.165) is 19.5 Å². The van der Waals surface area contributed by atoms with E-state index in [1.807, 2.05) is 25.7 Å². The van der Waals surface area contributed by atoms with E-state index in [2.05, 4.69) is 61.2 Å². The maximum atomic E-state index is 12.5. The molecule has 0 N–H and O–H groups in total. The molecule has 1 aromatic carbocycles. The summed E-state index contributed by atoms with van der Waals surface area (Å²) < 4.78 is 11.8. The predicted molar refractivity (Wildman–Crippen MR) is 120 cm³/mol. The van der Waals surface area contributed by atoms with E-state index in [4.69, 9.17) is 9.39 Å². The van der Waals surface area contributed by atoms with Crippen molar-refractivity contribution in [3.8, 4) is 0 Å². The third kappa shape index (κ3) is 4.41. The second-order valence-electron chi connectivity index (χ2n) is 10.6. The average Bonchev–Trinajstić information content (AvgIpc) is 3.12. The van der Waals surface area contributed by atoms with Crippen molar-refractivity contribution in [3.63, 3.8) is 0 Å². The summed E-state index contributed by atoms with van der Waals surface area (Å²) in [6, 6.07) is 8.72. The summed E-state index contributed by atoms with van der Waals surface area (Å²) in [6.45, 7) is 15.9. The highest BCUT2D eigenvalue weighted by atomic mass is 31.0. The van der Waals surface area contributed by atoms with Crippen LogP contribution in [0.25, 0.3) is 0 Å². The fraction of sp³-hybridized carbons (Fsp3) is 0.682. The molecule has 0 bridgehead atoms. The number of likely N-dealkylation sites (tertiary alicyclic amines) is 1. The zero-order chi connectivity index (χ0) is 21.0. The maximum Gasteiger partial charge on any atom is 0.410 e. The Morgan fingerprint density at radius 2 is 1.89 bits per heavy atom. The summed E-state index contributed by atoms with van der Waals surface area (Å²) >= 11 is 0. The van der Waals surface area contributed by atoms with Crippen molar-refractivity contribution in [2.75, 3.05) is 13.1 Å². The molecule has 6 heteroatoms. The summed E-state index contributed by atoms with van der Waals surface area (Å²) in [6.07, 6.45) is 0.962. The standard InChI is InChI=1S/C22H35BNO3P/c1-19(2,3)26-18(25)24-13-16-12-22(16,14-24)15-9-8-10-17(11-15)23-27-20(4,5)21(6,7)28/h8-11,16,23H,12-14,28H2,1-7H3. The van der Waals surface area contributed by atoms with Crippen LogP contribution in [0.5, 0.6) is 0 Å². The Bertz CT molecular complexity index is 753. The van der Waals surface area contributed by atoms with Crippen molar-refractivity contribution >= 4 is 28.3 Å². The van der Waals surface area contributed by atoms with Crippen LogP contribution in [0.1, 0.15) is 60.5 Å². The summed E-state index contributed by atoms with van der Waals surface area (Å²) in [5, 5.41) is -0.00967. The molecule has 4 nitrogen and oxygen atoms in total. The molecule has 1 aromatic rings. The van der Waals surface area contributed by atoms with E-state index in [9.17, 15) is 4.79 Å². The van der Waals surface area contributed by atoms with Gasteiger partial charge in [-0.05, 0) is 52.5 Å². The summed E-state index contributed by atoms with van der Waals surface area (Å²) in [7, 11) is 3.47. The molecule has 1 aliphatic carbocycles. The second-order valence-corrected chi connectivity index (χ2v) is 12.1. The Morgan fingerprint density at radius 3 is 2.50 bits per heavy atom. The number of ether oxygens (including phenoxy) is 1. The van der Waals surface area contributed by atoms with Gasteiger partial charge >= 0.3 is 13.6 Å². The van der Waals surface area contributed by atoms with Crippen LogP contribution >= 0.6 is 9.24 Å². The molecular weight excluding hydrogens is 368 g/mol. The normalized spacial score (nSPS) is 24.7. The van der Waals surface area contributed by atoms with E-state index >= 15 is 0 Å². The topological polar surface area (TPSA) is 38.8 Å². The number of carbonyl (C=O) groups excluding carboxylic acids is 1. The number of benzene rings is 1. The van der Waals surface area contributed by atoms with Gasteiger partial charge in [0.2, 0.25) is 0 Å². The van der Waals surface area contributed by atoms with Gasteiger partial charge in [0.05, 0.1) is 5.60 Å². The van der Waals surface area contributed by atoms with Gasteiger partial charge in [-0.3, -0.25) is 0 Å². The van der Waals surface area contributed by atoms with Crippen molar-refractivity contribution in [3.05, 3.63) is 29.8 Å². The number of fused-ring (bicyclic) bond motifs is 1. The summed E-state index contributed by atoms with van der Waals surface area (Å²) in [5.41, 5.74) is 1.92. The molecule has 154 valence electrons. The minimum Gasteiger partial charge on any atom is -0.444 e. The van der Waals surface area contributed by atoms with Crippen LogP contribution in [0.3, 0.4) is 0 Å². The van der Waals surface area contributed by atoms with Gasteiger partial charge in [0.15, 0.2) is 0 Å². The molecule has 2 fully saturated rings. The molecule has 2 aliphatic rings. The van der Waals surface area contributed by atoms with E-state index in [-0.39, 0.29) is 22.3 Å². The summed E-state index contributed by atoms with van der Waals surface area (Å²) in [5.74, 6) is 0.540. The van der Waals surface area contributed by atoms with Crippen molar-refractivity contribution in [1.29, 1.82) is 0 Å². The number of nitrogens with zero attached hydrogens (tertiary/aromatic N) is 1. The van der Waals surface area contributed by atoms with Gasteiger partial charge in [0, 0.05) is 23.7 Å². The molecule has 0 spiro atoms. The van der Waals surface area contributed by atoms with E-state index in [1.54, 1.807) is 0 Å². The molecule has 1 aliphatic heterocycles. The van der Waals surface area contributed by atoms with Gasteiger partial charge in [0.1, 0.15) is 5.60 Å². The third-order valence-electron chi connectivity index (χ3n) is 6.45. The van der Waals surface area contributed by atoms with Crippen molar-refractivity contribution < 1.29 is 14.2 Å². The van der Waals surface area contributed by atoms with Crippen molar-refractivity contribution in [2.45, 2.75) is 76.7 Å². The molecular formula is C22H35BNO3P. The van der Waals surface area contributed by atoms with Crippen LogP contribution < -0.4 is 5.46 Å². The van der Waals surface area contributed by atoms with E-state index in [1.165, 1.54) is 11.0 Å². The minimum atomic E-state index is -0.452. The number of hydrogen-bond acceptors (Lipinski definition) is 3. The molecule has 3 atom stereocenters.